The second kappa shape index (κ2) is 9.95. The zero-order valence-corrected chi connectivity index (χ0v) is 21.4. The van der Waals surface area contributed by atoms with Gasteiger partial charge in [-0.15, -0.1) is 0 Å². The normalized spacial score (nSPS) is 19.0. The van der Waals surface area contributed by atoms with Crippen molar-refractivity contribution in [1.82, 2.24) is 15.2 Å². The summed E-state index contributed by atoms with van der Waals surface area (Å²) in [6, 6.07) is 25.5. The molecule has 2 aliphatic heterocycles. The van der Waals surface area contributed by atoms with Crippen LogP contribution in [0.15, 0.2) is 91.1 Å². The second-order valence-electron chi connectivity index (χ2n) is 10.1. The molecule has 0 bridgehead atoms. The fraction of sp³-hybridized carbons (Fsp3) is 0.250. The maximum Gasteiger partial charge on any atom is 0.238 e. The number of aromatic nitrogens is 1. The van der Waals surface area contributed by atoms with Crippen LogP contribution in [0.25, 0.3) is 16.5 Å². The molecule has 6 heteroatoms. The lowest BCUT2D eigenvalue weighted by Crippen LogP contribution is -2.47. The van der Waals surface area contributed by atoms with Crippen LogP contribution in [0.1, 0.15) is 29.5 Å². The Morgan fingerprint density at radius 2 is 1.74 bits per heavy atom. The van der Waals surface area contributed by atoms with Crippen LogP contribution < -0.4 is 10.1 Å². The summed E-state index contributed by atoms with van der Waals surface area (Å²) < 4.78 is 5.42. The van der Waals surface area contributed by atoms with Gasteiger partial charge >= 0.3 is 0 Å². The van der Waals surface area contributed by atoms with Crippen LogP contribution in [-0.4, -0.2) is 54.4 Å². The Morgan fingerprint density at radius 3 is 2.42 bits per heavy atom. The SMILES string of the molecule is COc1ccc2[nH]cc(C3=CCNC(C(=O)CN4CCC(c5ccccc5)(c5ccccc5)C4=O)C3)c2c1. The molecule has 0 spiro atoms. The number of carbonyl (C=O) groups excluding carboxylic acids is 2. The molecule has 1 saturated heterocycles. The number of carbonyl (C=O) groups is 2. The standard InChI is InChI=1S/C32H31N3O3/c1-38-25-12-13-28-26(19-25)27(20-34-28)22-14-16-33-29(18-22)30(36)21-35-17-15-32(31(35)37,23-8-4-2-5-9-23)24-10-6-3-7-11-24/h2-14,19-20,29,33-34H,15-18,21H2,1H3. The number of nitrogens with zero attached hydrogens (tertiary/aromatic N) is 1. The maximum absolute atomic E-state index is 14.0. The number of ether oxygens (including phenoxy) is 1. The van der Waals surface area contributed by atoms with Crippen molar-refractivity contribution in [3.8, 4) is 5.75 Å². The summed E-state index contributed by atoms with van der Waals surface area (Å²) in [5.74, 6) is 0.838. The molecule has 192 valence electrons. The Morgan fingerprint density at radius 1 is 1.03 bits per heavy atom. The van der Waals surface area contributed by atoms with Gasteiger partial charge in [-0.1, -0.05) is 66.7 Å². The molecular formula is C32H31N3O3. The molecular weight excluding hydrogens is 474 g/mol. The first-order valence-corrected chi connectivity index (χ1v) is 13.1. The topological polar surface area (TPSA) is 74.4 Å². The predicted octanol–water partition coefficient (Wildman–Crippen LogP) is 4.71. The van der Waals surface area contributed by atoms with E-state index in [9.17, 15) is 9.59 Å². The molecule has 6 nitrogen and oxygen atoms in total. The first-order valence-electron chi connectivity index (χ1n) is 13.1. The number of nitrogens with one attached hydrogen (secondary N) is 2. The van der Waals surface area contributed by atoms with Crippen LogP contribution in [0.3, 0.4) is 0 Å². The highest BCUT2D eigenvalue weighted by molar-refractivity contribution is 5.99. The highest BCUT2D eigenvalue weighted by Crippen LogP contribution is 2.42. The van der Waals surface area contributed by atoms with Gasteiger partial charge in [-0.3, -0.25) is 9.59 Å². The van der Waals surface area contributed by atoms with Gasteiger partial charge in [0.25, 0.3) is 0 Å². The molecule has 1 atom stereocenters. The molecule has 1 aromatic heterocycles. The number of hydrogen-bond acceptors (Lipinski definition) is 4. The number of aromatic amines is 1. The average molecular weight is 506 g/mol. The van der Waals surface area contributed by atoms with Crippen molar-refractivity contribution in [3.05, 3.63) is 108 Å². The lowest BCUT2D eigenvalue weighted by atomic mass is 9.73. The van der Waals surface area contributed by atoms with E-state index in [1.165, 1.54) is 0 Å². The molecule has 1 unspecified atom stereocenters. The van der Waals surface area contributed by atoms with E-state index in [2.05, 4.69) is 16.4 Å². The number of amides is 1. The summed E-state index contributed by atoms with van der Waals surface area (Å²) >= 11 is 0. The van der Waals surface area contributed by atoms with Crippen LogP contribution in [0.2, 0.25) is 0 Å². The van der Waals surface area contributed by atoms with E-state index >= 15 is 0 Å². The molecule has 0 aliphatic carbocycles. The van der Waals surface area contributed by atoms with E-state index < -0.39 is 5.41 Å². The van der Waals surface area contributed by atoms with Gasteiger partial charge in [0.05, 0.1) is 19.7 Å². The molecule has 2 aliphatic rings. The second-order valence-corrected chi connectivity index (χ2v) is 10.1. The molecule has 3 aromatic carbocycles. The van der Waals surface area contributed by atoms with Gasteiger partial charge in [0.2, 0.25) is 5.91 Å². The van der Waals surface area contributed by atoms with Crippen molar-refractivity contribution in [1.29, 1.82) is 0 Å². The quantitative estimate of drug-likeness (QED) is 0.382. The Labute approximate surface area is 222 Å². The summed E-state index contributed by atoms with van der Waals surface area (Å²) in [6.45, 7) is 1.26. The Balaban J connectivity index is 1.22. The van der Waals surface area contributed by atoms with E-state index in [1.54, 1.807) is 12.0 Å². The van der Waals surface area contributed by atoms with Gasteiger partial charge in [-0.25, -0.2) is 0 Å². The fourth-order valence-electron chi connectivity index (χ4n) is 6.02. The van der Waals surface area contributed by atoms with Crippen LogP contribution in [0.4, 0.5) is 0 Å². The minimum atomic E-state index is -0.767. The van der Waals surface area contributed by atoms with Gasteiger partial charge in [0.1, 0.15) is 11.2 Å². The summed E-state index contributed by atoms with van der Waals surface area (Å²) in [5.41, 5.74) is 4.42. The van der Waals surface area contributed by atoms with Crippen molar-refractivity contribution in [3.63, 3.8) is 0 Å². The lowest BCUT2D eigenvalue weighted by Gasteiger charge is -2.30. The first-order chi connectivity index (χ1) is 18.6. The number of rotatable bonds is 7. The number of hydrogen-bond donors (Lipinski definition) is 2. The largest absolute Gasteiger partial charge is 0.497 e. The third kappa shape index (κ3) is 4.11. The van der Waals surface area contributed by atoms with Crippen molar-refractivity contribution < 1.29 is 14.3 Å². The van der Waals surface area contributed by atoms with Crippen LogP contribution in [0, 0.1) is 0 Å². The van der Waals surface area contributed by atoms with Gasteiger partial charge < -0.3 is 19.9 Å². The zero-order valence-electron chi connectivity index (χ0n) is 21.4. The summed E-state index contributed by atoms with van der Waals surface area (Å²) in [5, 5.41) is 4.43. The van der Waals surface area contributed by atoms with Gasteiger partial charge in [0, 0.05) is 35.8 Å². The van der Waals surface area contributed by atoms with E-state index in [4.69, 9.17) is 4.74 Å². The highest BCUT2D eigenvalue weighted by atomic mass is 16.5. The molecule has 6 rings (SSSR count). The molecule has 2 N–H and O–H groups in total. The average Bonchev–Trinajstić information content (AvgIpc) is 3.55. The van der Waals surface area contributed by atoms with Crippen LogP contribution >= 0.6 is 0 Å². The van der Waals surface area contributed by atoms with Crippen molar-refractivity contribution in [2.75, 3.05) is 26.7 Å². The molecule has 4 aromatic rings. The monoisotopic (exact) mass is 505 g/mol. The molecule has 3 heterocycles. The predicted molar refractivity (Wildman–Crippen MR) is 149 cm³/mol. The van der Waals surface area contributed by atoms with E-state index in [-0.39, 0.29) is 24.3 Å². The van der Waals surface area contributed by atoms with Crippen molar-refractivity contribution in [2.45, 2.75) is 24.3 Å². The van der Waals surface area contributed by atoms with E-state index in [0.29, 0.717) is 25.9 Å². The van der Waals surface area contributed by atoms with E-state index in [0.717, 1.165) is 38.9 Å². The summed E-state index contributed by atoms with van der Waals surface area (Å²) in [6.07, 6.45) is 5.37. The molecule has 0 saturated carbocycles. The number of methoxy groups -OCH3 is 1. The van der Waals surface area contributed by atoms with E-state index in [1.807, 2.05) is 85.1 Å². The molecule has 1 fully saturated rings. The maximum atomic E-state index is 14.0. The van der Waals surface area contributed by atoms with Gasteiger partial charge in [-0.2, -0.15) is 0 Å². The summed E-state index contributed by atoms with van der Waals surface area (Å²) in [7, 11) is 1.66. The minimum absolute atomic E-state index is 0.00134. The minimum Gasteiger partial charge on any atom is -0.497 e. The van der Waals surface area contributed by atoms with Gasteiger partial charge in [0.15, 0.2) is 5.78 Å². The smallest absolute Gasteiger partial charge is 0.238 e. The van der Waals surface area contributed by atoms with Crippen molar-refractivity contribution in [2.24, 2.45) is 0 Å². The zero-order chi connectivity index (χ0) is 26.1. The Hall–Kier alpha value is -4.16. The number of ketones is 1. The Bertz CT molecular complexity index is 1470. The number of benzene rings is 3. The number of Topliss-reactive ketones (excluding diaryl/α,β-unsaturated/α-hetero) is 1. The number of H-pyrrole nitrogens is 1. The van der Waals surface area contributed by atoms with Crippen LogP contribution in [-0.2, 0) is 15.0 Å². The van der Waals surface area contributed by atoms with Crippen molar-refractivity contribution >= 4 is 28.2 Å². The number of likely N-dealkylation sites (tertiary alicyclic amines) is 1. The molecule has 0 radical (unpaired) electrons. The third-order valence-corrected chi connectivity index (χ3v) is 8.05. The Kier molecular flexibility index (Phi) is 6.34. The van der Waals surface area contributed by atoms with Gasteiger partial charge in [-0.05, 0) is 47.7 Å². The molecule has 38 heavy (non-hydrogen) atoms. The number of fused-ring (bicyclic) bond motifs is 1. The molecule has 1 amide bonds. The third-order valence-electron chi connectivity index (χ3n) is 8.05. The van der Waals surface area contributed by atoms with Crippen LogP contribution in [0.5, 0.6) is 5.75 Å². The summed E-state index contributed by atoms with van der Waals surface area (Å²) in [4.78, 5) is 32.7. The highest BCUT2D eigenvalue weighted by Gasteiger charge is 2.49. The lowest BCUT2D eigenvalue weighted by molar-refractivity contribution is -0.135. The fourth-order valence-corrected chi connectivity index (χ4v) is 6.02. The first kappa shape index (κ1) is 24.2.